The molecule has 1 aliphatic rings. The predicted molar refractivity (Wildman–Crippen MR) is 33.8 cm³/mol. The third-order valence-corrected chi connectivity index (χ3v) is 1.88. The second-order valence-corrected chi connectivity index (χ2v) is 2.43. The summed E-state index contributed by atoms with van der Waals surface area (Å²) in [5, 5.41) is 3.07. The van der Waals surface area contributed by atoms with Gasteiger partial charge in [0.15, 0.2) is 0 Å². The van der Waals surface area contributed by atoms with Gasteiger partial charge in [0, 0.05) is 12.1 Å². The van der Waals surface area contributed by atoms with Crippen molar-refractivity contribution in [1.29, 1.82) is 0 Å². The maximum absolute atomic E-state index is 5.50. The molecule has 1 saturated carbocycles. The molecule has 1 rings (SSSR count). The normalized spacial score (nSPS) is 40.3. The summed E-state index contributed by atoms with van der Waals surface area (Å²) in [6.45, 7) is 0. The predicted octanol–water partition coefficient (Wildman–Crippen LogP) is -0.144. The first-order valence-electron chi connectivity index (χ1n) is 2.54. The Labute approximate surface area is 46.1 Å². The van der Waals surface area contributed by atoms with E-state index in [0.29, 0.717) is 12.1 Å². The molecule has 0 aliphatic heterocycles. The van der Waals surface area contributed by atoms with E-state index >= 15 is 0 Å². The zero-order chi connectivity index (χ0) is 5.28. The molecule has 0 saturated heterocycles. The van der Waals surface area contributed by atoms with Gasteiger partial charge in [-0.15, -0.1) is 0 Å². The molecular formula is C4H11N2P. The number of rotatable bonds is 1. The zero-order valence-corrected chi connectivity index (χ0v) is 5.38. The summed E-state index contributed by atoms with van der Waals surface area (Å²) in [5.74, 6) is 0. The molecule has 0 amide bonds. The molecule has 0 radical (unpaired) electrons. The zero-order valence-electron chi connectivity index (χ0n) is 4.22. The average Bonchev–Trinajstić information content (AvgIpc) is 1.58. The van der Waals surface area contributed by atoms with Crippen molar-refractivity contribution in [2.24, 2.45) is 5.73 Å². The minimum absolute atomic E-state index is 0.470. The van der Waals surface area contributed by atoms with Crippen LogP contribution in [0.5, 0.6) is 0 Å². The van der Waals surface area contributed by atoms with Crippen LogP contribution in [0.4, 0.5) is 0 Å². The lowest BCUT2D eigenvalue weighted by Gasteiger charge is -2.31. The Balaban J connectivity index is 2.06. The van der Waals surface area contributed by atoms with Crippen LogP contribution in [0.2, 0.25) is 0 Å². The fourth-order valence-corrected chi connectivity index (χ4v) is 1.07. The number of hydrogen-bond donors (Lipinski definition) is 2. The maximum atomic E-state index is 5.50. The minimum Gasteiger partial charge on any atom is -0.328 e. The van der Waals surface area contributed by atoms with E-state index < -0.39 is 0 Å². The van der Waals surface area contributed by atoms with Crippen LogP contribution in [0, 0.1) is 0 Å². The number of nitrogens with two attached hydrogens (primary N) is 1. The first-order valence-corrected chi connectivity index (χ1v) is 3.12. The van der Waals surface area contributed by atoms with Crippen molar-refractivity contribution in [2.45, 2.75) is 24.9 Å². The standard InChI is InChI=1S/C4H11N2P/c5-3-1-4(2-3)6-7/h3-4,6H,1-2,5,7H2. The van der Waals surface area contributed by atoms with Crippen molar-refractivity contribution >= 4 is 9.39 Å². The first kappa shape index (κ1) is 5.49. The highest BCUT2D eigenvalue weighted by atomic mass is 31.0. The Hall–Kier alpha value is 0.350. The molecule has 1 atom stereocenters. The highest BCUT2D eigenvalue weighted by Gasteiger charge is 2.23. The molecule has 2 nitrogen and oxygen atoms in total. The molecular weight excluding hydrogens is 107 g/mol. The second kappa shape index (κ2) is 2.08. The van der Waals surface area contributed by atoms with Crippen LogP contribution >= 0.6 is 9.39 Å². The summed E-state index contributed by atoms with van der Waals surface area (Å²) in [6.07, 6.45) is 2.28. The lowest BCUT2D eigenvalue weighted by Crippen LogP contribution is -2.45. The molecule has 42 valence electrons. The van der Waals surface area contributed by atoms with Crippen LogP contribution in [-0.2, 0) is 0 Å². The summed E-state index contributed by atoms with van der Waals surface area (Å²) in [4.78, 5) is 0. The van der Waals surface area contributed by atoms with E-state index in [2.05, 4.69) is 14.5 Å². The Morgan fingerprint density at radius 1 is 1.57 bits per heavy atom. The van der Waals surface area contributed by atoms with E-state index in [1.165, 1.54) is 0 Å². The van der Waals surface area contributed by atoms with E-state index in [9.17, 15) is 0 Å². The van der Waals surface area contributed by atoms with Crippen LogP contribution in [0.25, 0.3) is 0 Å². The van der Waals surface area contributed by atoms with E-state index in [1.54, 1.807) is 0 Å². The Kier molecular flexibility index (Phi) is 1.63. The van der Waals surface area contributed by atoms with Gasteiger partial charge in [-0.3, -0.25) is 5.09 Å². The van der Waals surface area contributed by atoms with Crippen molar-refractivity contribution < 1.29 is 0 Å². The topological polar surface area (TPSA) is 38.0 Å². The fourth-order valence-electron chi connectivity index (χ4n) is 0.798. The number of nitrogens with one attached hydrogen (secondary N) is 1. The van der Waals surface area contributed by atoms with Gasteiger partial charge in [-0.25, -0.2) is 0 Å². The smallest absolute Gasteiger partial charge is 0.0128 e. The van der Waals surface area contributed by atoms with Gasteiger partial charge in [-0.1, -0.05) is 9.39 Å². The van der Waals surface area contributed by atoms with Crippen molar-refractivity contribution in [3.63, 3.8) is 0 Å². The van der Waals surface area contributed by atoms with Crippen molar-refractivity contribution in [2.75, 3.05) is 0 Å². The molecule has 1 unspecified atom stereocenters. The molecule has 3 heteroatoms. The summed E-state index contributed by atoms with van der Waals surface area (Å²) < 4.78 is 0. The Morgan fingerprint density at radius 2 is 2.14 bits per heavy atom. The highest BCUT2D eigenvalue weighted by Crippen LogP contribution is 2.17. The lowest BCUT2D eigenvalue weighted by atomic mass is 9.89. The van der Waals surface area contributed by atoms with Crippen molar-refractivity contribution in [3.8, 4) is 0 Å². The largest absolute Gasteiger partial charge is 0.328 e. The summed E-state index contributed by atoms with van der Waals surface area (Å²) in [5.41, 5.74) is 5.50. The van der Waals surface area contributed by atoms with E-state index in [4.69, 9.17) is 5.73 Å². The van der Waals surface area contributed by atoms with Gasteiger partial charge < -0.3 is 5.73 Å². The van der Waals surface area contributed by atoms with Gasteiger partial charge >= 0.3 is 0 Å². The van der Waals surface area contributed by atoms with Gasteiger partial charge in [-0.05, 0) is 12.8 Å². The molecule has 0 bridgehead atoms. The van der Waals surface area contributed by atoms with Crippen molar-refractivity contribution in [3.05, 3.63) is 0 Å². The van der Waals surface area contributed by atoms with Crippen LogP contribution < -0.4 is 10.8 Å². The van der Waals surface area contributed by atoms with E-state index in [1.807, 2.05) is 0 Å². The van der Waals surface area contributed by atoms with Crippen LogP contribution in [0.15, 0.2) is 0 Å². The molecule has 1 aliphatic carbocycles. The maximum Gasteiger partial charge on any atom is 0.0128 e. The molecule has 0 heterocycles. The van der Waals surface area contributed by atoms with E-state index in [0.717, 1.165) is 12.8 Å². The first-order chi connectivity index (χ1) is 3.33. The third kappa shape index (κ3) is 1.12. The lowest BCUT2D eigenvalue weighted by molar-refractivity contribution is 0.334. The van der Waals surface area contributed by atoms with Crippen LogP contribution in [-0.4, -0.2) is 12.1 Å². The van der Waals surface area contributed by atoms with Gasteiger partial charge in [0.1, 0.15) is 0 Å². The fraction of sp³-hybridized carbons (Fsp3) is 1.00. The summed E-state index contributed by atoms with van der Waals surface area (Å²) >= 11 is 0. The van der Waals surface area contributed by atoms with Gasteiger partial charge in [-0.2, -0.15) is 0 Å². The van der Waals surface area contributed by atoms with Gasteiger partial charge in [0.25, 0.3) is 0 Å². The SMILES string of the molecule is NC1CC(NP)C1. The molecule has 7 heavy (non-hydrogen) atoms. The molecule has 1 fully saturated rings. The minimum atomic E-state index is 0.470. The number of hydrogen-bond acceptors (Lipinski definition) is 2. The molecule has 3 N–H and O–H groups in total. The average molecular weight is 118 g/mol. The van der Waals surface area contributed by atoms with Gasteiger partial charge in [0.05, 0.1) is 0 Å². The quantitative estimate of drug-likeness (QED) is 0.470. The van der Waals surface area contributed by atoms with Gasteiger partial charge in [0.2, 0.25) is 0 Å². The Morgan fingerprint density at radius 3 is 2.29 bits per heavy atom. The second-order valence-electron chi connectivity index (χ2n) is 2.10. The molecule has 0 aromatic rings. The Bertz CT molecular complexity index is 60.7. The summed E-state index contributed by atoms with van der Waals surface area (Å²) in [6, 6.07) is 1.15. The monoisotopic (exact) mass is 118 g/mol. The van der Waals surface area contributed by atoms with Crippen molar-refractivity contribution in [1.82, 2.24) is 5.09 Å². The van der Waals surface area contributed by atoms with Crippen LogP contribution in [0.3, 0.4) is 0 Å². The molecule has 0 spiro atoms. The third-order valence-electron chi connectivity index (χ3n) is 1.41. The summed E-state index contributed by atoms with van der Waals surface area (Å²) in [7, 11) is 2.50. The molecule has 0 aromatic heterocycles. The van der Waals surface area contributed by atoms with Crippen LogP contribution in [0.1, 0.15) is 12.8 Å². The van der Waals surface area contributed by atoms with E-state index in [-0.39, 0.29) is 0 Å². The molecule has 0 aromatic carbocycles. The highest BCUT2D eigenvalue weighted by molar-refractivity contribution is 7.13.